The zero-order valence-corrected chi connectivity index (χ0v) is 25.7. The van der Waals surface area contributed by atoms with Crippen molar-refractivity contribution in [1.29, 1.82) is 0 Å². The largest absolute Gasteiger partial charge is 0.491 e. The third kappa shape index (κ3) is 8.68. The van der Waals surface area contributed by atoms with Gasteiger partial charge in [-0.15, -0.1) is 0 Å². The molecule has 13 heteroatoms. The van der Waals surface area contributed by atoms with Crippen LogP contribution in [0.15, 0.2) is 42.5 Å². The van der Waals surface area contributed by atoms with E-state index in [9.17, 15) is 19.2 Å². The molecule has 0 spiro atoms. The number of carbonyl (C=O) groups is 4. The number of fused-ring (bicyclic) bond motifs is 1. The maximum atomic E-state index is 13.1. The predicted octanol–water partition coefficient (Wildman–Crippen LogP) is 3.02. The predicted molar refractivity (Wildman–Crippen MR) is 164 cm³/mol. The molecule has 2 aliphatic rings. The van der Waals surface area contributed by atoms with Gasteiger partial charge < -0.3 is 24.3 Å². The van der Waals surface area contributed by atoms with Crippen LogP contribution in [0.25, 0.3) is 0 Å². The van der Waals surface area contributed by atoms with Gasteiger partial charge in [0.2, 0.25) is 11.8 Å². The van der Waals surface area contributed by atoms with Gasteiger partial charge in [-0.1, -0.05) is 12.0 Å². The van der Waals surface area contributed by atoms with Crippen LogP contribution in [-0.4, -0.2) is 87.4 Å². The van der Waals surface area contributed by atoms with Crippen molar-refractivity contribution in [2.45, 2.75) is 18.9 Å². The van der Waals surface area contributed by atoms with Crippen molar-refractivity contribution in [3.8, 4) is 16.9 Å². The van der Waals surface area contributed by atoms with E-state index in [0.717, 1.165) is 16.2 Å². The molecule has 0 radical (unpaired) electrons. The van der Waals surface area contributed by atoms with Gasteiger partial charge in [0.15, 0.2) is 0 Å². The summed E-state index contributed by atoms with van der Waals surface area (Å²) in [5.74, 6) is 1.65. The first-order valence-electron chi connectivity index (χ1n) is 13.3. The number of nitrogens with zero attached hydrogens (tertiary/aromatic N) is 1. The molecule has 1 saturated heterocycles. The maximum absolute atomic E-state index is 13.1. The topological polar surface area (TPSA) is 132 Å². The average Bonchev–Trinajstić information content (AvgIpc) is 3.25. The van der Waals surface area contributed by atoms with Crippen molar-refractivity contribution < 1.29 is 38.1 Å². The Labute approximate surface area is 259 Å². The number of hydrogen-bond acceptors (Lipinski definition) is 10. The minimum atomic E-state index is -1.00. The molecule has 2 aromatic carbocycles. The van der Waals surface area contributed by atoms with E-state index in [1.54, 1.807) is 18.2 Å². The number of hydrogen-bond donors (Lipinski definition) is 2. The average molecular weight is 708 g/mol. The van der Waals surface area contributed by atoms with E-state index >= 15 is 0 Å². The van der Waals surface area contributed by atoms with Crippen LogP contribution < -0.4 is 15.4 Å². The van der Waals surface area contributed by atoms with Crippen LogP contribution in [0, 0.1) is 11.2 Å². The van der Waals surface area contributed by atoms with Gasteiger partial charge >= 0.3 is 0 Å². The summed E-state index contributed by atoms with van der Waals surface area (Å²) in [6, 6.07) is 11.5. The molecule has 11 nitrogen and oxygen atoms in total. The smallest absolute Gasteiger partial charge is 0.264 e. The standard InChI is InChI=1S/C29H30IN3O8S/c30-42-19-10-20-4-6-21(7-5-20)41-18-17-40-16-15-39-14-13-38-12-11-31-23-3-1-2-22-26(23)29(37)33(28(22)36)24-8-9-25(34)32-27(24)35/h1-7,24,31H,8-9,11-18H2,(H,32,34,35). The number of carbonyl (C=O) groups excluding carboxylic acids is 4. The van der Waals surface area contributed by atoms with Gasteiger partial charge in [0.25, 0.3) is 11.8 Å². The highest BCUT2D eigenvalue weighted by molar-refractivity contribution is 14.2. The molecule has 1 atom stereocenters. The summed E-state index contributed by atoms with van der Waals surface area (Å²) in [5.41, 5.74) is 1.87. The highest BCUT2D eigenvalue weighted by atomic mass is 127. The molecule has 2 heterocycles. The quantitative estimate of drug-likeness (QED) is 0.123. The monoisotopic (exact) mass is 707 g/mol. The van der Waals surface area contributed by atoms with Gasteiger partial charge in [0.05, 0.1) is 50.8 Å². The zero-order chi connectivity index (χ0) is 29.7. The molecule has 0 saturated carbocycles. The Bertz CT molecular complexity index is 1340. The van der Waals surface area contributed by atoms with Crippen molar-refractivity contribution in [3.05, 3.63) is 59.2 Å². The lowest BCUT2D eigenvalue weighted by molar-refractivity contribution is -0.136. The van der Waals surface area contributed by atoms with Crippen molar-refractivity contribution in [2.75, 3.05) is 58.1 Å². The first kappa shape index (κ1) is 31.8. The first-order valence-corrected chi connectivity index (χ1v) is 16.7. The molecule has 1 unspecified atom stereocenters. The number of anilines is 1. The fraction of sp³-hybridized carbons (Fsp3) is 0.379. The third-order valence-electron chi connectivity index (χ3n) is 6.36. The number of ether oxygens (including phenoxy) is 4. The van der Waals surface area contributed by atoms with Crippen molar-refractivity contribution in [3.63, 3.8) is 0 Å². The summed E-state index contributed by atoms with van der Waals surface area (Å²) in [5, 5.41) is 8.27. The maximum Gasteiger partial charge on any atom is 0.264 e. The van der Waals surface area contributed by atoms with Crippen LogP contribution in [0.5, 0.6) is 5.75 Å². The second-order valence-corrected chi connectivity index (χ2v) is 10.8. The molecule has 42 heavy (non-hydrogen) atoms. The molecule has 0 aliphatic carbocycles. The molecule has 2 aliphatic heterocycles. The van der Waals surface area contributed by atoms with E-state index in [-0.39, 0.29) is 24.0 Å². The molecule has 1 fully saturated rings. The van der Waals surface area contributed by atoms with E-state index in [2.05, 4.69) is 43.0 Å². The van der Waals surface area contributed by atoms with E-state index in [1.807, 2.05) is 24.3 Å². The van der Waals surface area contributed by atoms with Gasteiger partial charge in [-0.3, -0.25) is 29.4 Å². The highest BCUT2D eigenvalue weighted by Crippen LogP contribution is 2.32. The Morgan fingerprint density at radius 2 is 1.60 bits per heavy atom. The molecule has 2 aromatic rings. The van der Waals surface area contributed by atoms with Crippen molar-refractivity contribution in [1.82, 2.24) is 10.2 Å². The van der Waals surface area contributed by atoms with Crippen LogP contribution in [0.4, 0.5) is 5.69 Å². The molecule has 0 bridgehead atoms. The Balaban J connectivity index is 1.06. The van der Waals surface area contributed by atoms with Gasteiger partial charge in [-0.25, -0.2) is 0 Å². The highest BCUT2D eigenvalue weighted by Gasteiger charge is 2.45. The fourth-order valence-electron chi connectivity index (χ4n) is 4.39. The van der Waals surface area contributed by atoms with E-state index in [1.165, 1.54) is 8.93 Å². The number of nitrogens with one attached hydrogen (secondary N) is 2. The van der Waals surface area contributed by atoms with Crippen molar-refractivity contribution in [2.24, 2.45) is 0 Å². The summed E-state index contributed by atoms with van der Waals surface area (Å²) in [6.45, 7) is 3.28. The third-order valence-corrected chi connectivity index (χ3v) is 7.20. The minimum absolute atomic E-state index is 0.0724. The van der Waals surface area contributed by atoms with Crippen LogP contribution >= 0.6 is 30.1 Å². The summed E-state index contributed by atoms with van der Waals surface area (Å²) in [4.78, 5) is 50.7. The van der Waals surface area contributed by atoms with Crippen molar-refractivity contribution >= 4 is 59.5 Å². The lowest BCUT2D eigenvalue weighted by Gasteiger charge is -2.27. The molecule has 4 rings (SSSR count). The van der Waals surface area contributed by atoms with E-state index < -0.39 is 29.7 Å². The number of amides is 4. The van der Waals surface area contributed by atoms with Gasteiger partial charge in [0, 0.05) is 45.4 Å². The van der Waals surface area contributed by atoms with Crippen LogP contribution in [-0.2, 0) is 23.8 Å². The van der Waals surface area contributed by atoms with E-state index in [4.69, 9.17) is 18.9 Å². The molecular formula is C29H30IN3O8S. The van der Waals surface area contributed by atoms with Crippen LogP contribution in [0.2, 0.25) is 0 Å². The number of piperidine rings is 1. The Morgan fingerprint density at radius 3 is 2.29 bits per heavy atom. The normalized spacial score (nSPS) is 16.1. The number of benzene rings is 2. The Hall–Kier alpha value is -3.16. The SMILES string of the molecule is O=C1CCC(N2C(=O)c3cccc(NCCOCCOCCOCCOc4ccc(C#CSI)cc4)c3C2=O)C(=O)N1. The first-order chi connectivity index (χ1) is 20.5. The number of halogens is 1. The van der Waals surface area contributed by atoms with Gasteiger partial charge in [-0.05, 0) is 57.0 Å². The van der Waals surface area contributed by atoms with Crippen LogP contribution in [0.3, 0.4) is 0 Å². The zero-order valence-electron chi connectivity index (χ0n) is 22.7. The summed E-state index contributed by atoms with van der Waals surface area (Å²) in [6.07, 6.45) is 0.183. The second kappa shape index (κ2) is 16.5. The molecule has 222 valence electrons. The summed E-state index contributed by atoms with van der Waals surface area (Å²) < 4.78 is 22.3. The van der Waals surface area contributed by atoms with Crippen LogP contribution in [0.1, 0.15) is 39.1 Å². The Kier molecular flexibility index (Phi) is 12.5. The molecule has 0 aromatic heterocycles. The lowest BCUT2D eigenvalue weighted by Crippen LogP contribution is -2.54. The summed E-state index contributed by atoms with van der Waals surface area (Å²) >= 11 is 2.13. The number of rotatable bonds is 15. The van der Waals surface area contributed by atoms with Gasteiger partial charge in [-0.2, -0.15) is 0 Å². The van der Waals surface area contributed by atoms with Gasteiger partial charge in [0.1, 0.15) is 18.4 Å². The molecule has 2 N–H and O–H groups in total. The number of imide groups is 2. The summed E-state index contributed by atoms with van der Waals surface area (Å²) in [7, 11) is 1.44. The fourth-order valence-corrected chi connectivity index (χ4v) is 4.88. The second-order valence-electron chi connectivity index (χ2n) is 9.12. The van der Waals surface area contributed by atoms with E-state index in [0.29, 0.717) is 58.5 Å². The lowest BCUT2D eigenvalue weighted by atomic mass is 10.0. The molecule has 4 amide bonds. The minimum Gasteiger partial charge on any atom is -0.491 e. The molecular weight excluding hydrogens is 677 g/mol. The Morgan fingerprint density at radius 1 is 0.905 bits per heavy atom.